The van der Waals surface area contributed by atoms with E-state index in [4.69, 9.17) is 33.7 Å². The lowest BCUT2D eigenvalue weighted by molar-refractivity contribution is 0.0102. The average molecular weight is 276 g/mol. The van der Waals surface area contributed by atoms with Gasteiger partial charge in [0.05, 0.1) is 15.6 Å². The van der Waals surface area contributed by atoms with Crippen molar-refractivity contribution in [2.24, 2.45) is 5.73 Å². The molecule has 0 aliphatic carbocycles. The predicted octanol–water partition coefficient (Wildman–Crippen LogP) is 3.68. The van der Waals surface area contributed by atoms with Gasteiger partial charge in [0.2, 0.25) is 0 Å². The summed E-state index contributed by atoms with van der Waals surface area (Å²) in [5.41, 5.74) is 6.87. The number of benzene rings is 1. The van der Waals surface area contributed by atoms with Crippen molar-refractivity contribution in [1.82, 2.24) is 0 Å². The highest BCUT2D eigenvalue weighted by Crippen LogP contribution is 2.27. The van der Waals surface area contributed by atoms with E-state index in [0.717, 1.165) is 12.0 Å². The number of rotatable bonds is 5. The monoisotopic (exact) mass is 275 g/mol. The van der Waals surface area contributed by atoms with Gasteiger partial charge in [-0.05, 0) is 38.3 Å². The van der Waals surface area contributed by atoms with E-state index in [1.54, 1.807) is 13.2 Å². The predicted molar refractivity (Wildman–Crippen MR) is 73.8 cm³/mol. The van der Waals surface area contributed by atoms with E-state index in [-0.39, 0.29) is 11.6 Å². The van der Waals surface area contributed by atoms with Gasteiger partial charge in [-0.1, -0.05) is 35.3 Å². The highest BCUT2D eigenvalue weighted by Gasteiger charge is 2.21. The molecule has 0 amide bonds. The fourth-order valence-electron chi connectivity index (χ4n) is 1.78. The van der Waals surface area contributed by atoms with Crippen LogP contribution >= 0.6 is 23.2 Å². The zero-order valence-corrected chi connectivity index (χ0v) is 12.0. The Morgan fingerprint density at radius 2 is 2.00 bits per heavy atom. The largest absolute Gasteiger partial charge is 0.379 e. The molecule has 1 aromatic rings. The van der Waals surface area contributed by atoms with Crippen LogP contribution in [0.4, 0.5) is 0 Å². The molecule has 96 valence electrons. The second-order valence-electron chi connectivity index (χ2n) is 4.85. The molecule has 1 rings (SSSR count). The second-order valence-corrected chi connectivity index (χ2v) is 5.63. The molecule has 0 aliphatic rings. The topological polar surface area (TPSA) is 35.2 Å². The van der Waals surface area contributed by atoms with Crippen molar-refractivity contribution in [3.8, 4) is 0 Å². The molecule has 1 unspecified atom stereocenters. The summed E-state index contributed by atoms with van der Waals surface area (Å²) in [6, 6.07) is 5.62. The van der Waals surface area contributed by atoms with Crippen LogP contribution in [0.2, 0.25) is 10.0 Å². The minimum atomic E-state index is -0.218. The molecule has 0 aliphatic heterocycles. The van der Waals surface area contributed by atoms with E-state index in [9.17, 15) is 0 Å². The third kappa shape index (κ3) is 4.47. The maximum atomic E-state index is 6.12. The molecule has 2 N–H and O–H groups in total. The van der Waals surface area contributed by atoms with E-state index < -0.39 is 0 Å². The van der Waals surface area contributed by atoms with Crippen LogP contribution in [0.25, 0.3) is 0 Å². The molecule has 0 bridgehead atoms. The maximum Gasteiger partial charge on any atom is 0.0637 e. The smallest absolute Gasteiger partial charge is 0.0637 e. The number of halogens is 2. The first-order valence-corrected chi connectivity index (χ1v) is 6.35. The van der Waals surface area contributed by atoms with Gasteiger partial charge in [-0.3, -0.25) is 0 Å². The van der Waals surface area contributed by atoms with Crippen molar-refractivity contribution in [1.29, 1.82) is 0 Å². The first-order valence-electron chi connectivity index (χ1n) is 5.59. The molecule has 17 heavy (non-hydrogen) atoms. The Kier molecular flexibility index (Phi) is 5.26. The van der Waals surface area contributed by atoms with Crippen molar-refractivity contribution in [3.63, 3.8) is 0 Å². The molecule has 2 nitrogen and oxygen atoms in total. The van der Waals surface area contributed by atoms with Crippen molar-refractivity contribution in [2.75, 3.05) is 7.11 Å². The summed E-state index contributed by atoms with van der Waals surface area (Å²) in [5.74, 6) is 0. The van der Waals surface area contributed by atoms with Gasteiger partial charge in [-0.2, -0.15) is 0 Å². The fourth-order valence-corrected chi connectivity index (χ4v) is 2.17. The third-order valence-electron chi connectivity index (χ3n) is 2.82. The van der Waals surface area contributed by atoms with Gasteiger partial charge >= 0.3 is 0 Å². The summed E-state index contributed by atoms with van der Waals surface area (Å²) in [6.07, 6.45) is 1.47. The summed E-state index contributed by atoms with van der Waals surface area (Å²) >= 11 is 12.1. The van der Waals surface area contributed by atoms with E-state index in [1.807, 2.05) is 26.0 Å². The lowest BCUT2D eigenvalue weighted by Crippen LogP contribution is -2.35. The van der Waals surface area contributed by atoms with Gasteiger partial charge < -0.3 is 10.5 Å². The summed E-state index contributed by atoms with van der Waals surface area (Å²) in [7, 11) is 1.69. The van der Waals surface area contributed by atoms with Crippen LogP contribution in [0, 0.1) is 0 Å². The molecule has 0 heterocycles. The minimum Gasteiger partial charge on any atom is -0.379 e. The number of nitrogens with two attached hydrogens (primary N) is 1. The van der Waals surface area contributed by atoms with E-state index >= 15 is 0 Å². The van der Waals surface area contributed by atoms with Crippen LogP contribution < -0.4 is 5.73 Å². The normalized spacial score (nSPS) is 13.8. The van der Waals surface area contributed by atoms with Gasteiger partial charge in [0.15, 0.2) is 0 Å². The standard InChI is InChI=1S/C13H19Cl2NO/c1-13(2,17-3)8-10(16)7-9-5-4-6-11(14)12(9)15/h4-6,10H,7-8,16H2,1-3H3. The molecule has 0 radical (unpaired) electrons. The molecule has 0 saturated carbocycles. The third-order valence-corrected chi connectivity index (χ3v) is 3.68. The number of ether oxygens (including phenoxy) is 1. The average Bonchev–Trinajstić information content (AvgIpc) is 2.24. The summed E-state index contributed by atoms with van der Waals surface area (Å²) in [4.78, 5) is 0. The summed E-state index contributed by atoms with van der Waals surface area (Å²) < 4.78 is 5.36. The van der Waals surface area contributed by atoms with Gasteiger partial charge in [-0.25, -0.2) is 0 Å². The van der Waals surface area contributed by atoms with Gasteiger partial charge in [0.25, 0.3) is 0 Å². The van der Waals surface area contributed by atoms with Crippen LogP contribution in [-0.4, -0.2) is 18.8 Å². The Hall–Kier alpha value is -0.280. The first-order chi connectivity index (χ1) is 7.85. The zero-order valence-electron chi connectivity index (χ0n) is 10.5. The fraction of sp³-hybridized carbons (Fsp3) is 0.538. The van der Waals surface area contributed by atoms with Crippen LogP contribution in [-0.2, 0) is 11.2 Å². The minimum absolute atomic E-state index is 0.000849. The molecule has 0 spiro atoms. The lowest BCUT2D eigenvalue weighted by Gasteiger charge is -2.26. The quantitative estimate of drug-likeness (QED) is 0.890. The van der Waals surface area contributed by atoms with Crippen molar-refractivity contribution >= 4 is 23.2 Å². The van der Waals surface area contributed by atoms with E-state index in [0.29, 0.717) is 16.5 Å². The Balaban J connectivity index is 2.68. The van der Waals surface area contributed by atoms with Gasteiger partial charge in [-0.15, -0.1) is 0 Å². The molecule has 0 aromatic heterocycles. The first kappa shape index (κ1) is 14.8. The Morgan fingerprint density at radius 3 is 2.59 bits per heavy atom. The van der Waals surface area contributed by atoms with Crippen molar-refractivity contribution in [2.45, 2.75) is 38.3 Å². The molecule has 0 saturated heterocycles. The van der Waals surface area contributed by atoms with Crippen LogP contribution in [0.5, 0.6) is 0 Å². The molecule has 4 heteroatoms. The van der Waals surface area contributed by atoms with E-state index in [2.05, 4.69) is 0 Å². The molecule has 1 atom stereocenters. The second kappa shape index (κ2) is 6.05. The zero-order chi connectivity index (χ0) is 13.1. The van der Waals surface area contributed by atoms with Crippen molar-refractivity contribution in [3.05, 3.63) is 33.8 Å². The molecular weight excluding hydrogens is 257 g/mol. The van der Waals surface area contributed by atoms with Crippen LogP contribution in [0.3, 0.4) is 0 Å². The number of hydrogen-bond acceptors (Lipinski definition) is 2. The van der Waals surface area contributed by atoms with Crippen LogP contribution in [0.15, 0.2) is 18.2 Å². The van der Waals surface area contributed by atoms with Crippen LogP contribution in [0.1, 0.15) is 25.8 Å². The van der Waals surface area contributed by atoms with E-state index in [1.165, 1.54) is 0 Å². The number of methoxy groups -OCH3 is 1. The van der Waals surface area contributed by atoms with Gasteiger partial charge in [0, 0.05) is 13.2 Å². The highest BCUT2D eigenvalue weighted by molar-refractivity contribution is 6.42. The highest BCUT2D eigenvalue weighted by atomic mass is 35.5. The molecule has 1 aromatic carbocycles. The number of hydrogen-bond donors (Lipinski definition) is 1. The summed E-state index contributed by atoms with van der Waals surface area (Å²) in [5, 5.41) is 1.17. The molecule has 0 fully saturated rings. The summed E-state index contributed by atoms with van der Waals surface area (Å²) in [6.45, 7) is 4.04. The maximum absolute atomic E-state index is 6.12. The van der Waals surface area contributed by atoms with Crippen molar-refractivity contribution < 1.29 is 4.74 Å². The Morgan fingerprint density at radius 1 is 1.35 bits per heavy atom. The Labute approximate surface area is 113 Å². The van der Waals surface area contributed by atoms with Gasteiger partial charge in [0.1, 0.15) is 0 Å². The molecular formula is C13H19Cl2NO. The SMILES string of the molecule is COC(C)(C)CC(N)Cc1cccc(Cl)c1Cl. The lowest BCUT2D eigenvalue weighted by atomic mass is 9.94. The Bertz CT molecular complexity index is 380.